The Hall–Kier alpha value is -1.21. The number of alkyl halides is 3. The second-order valence-corrected chi connectivity index (χ2v) is 3.62. The molecule has 0 aliphatic carbocycles. The Kier molecular flexibility index (Phi) is 4.05. The first-order chi connectivity index (χ1) is 7.79. The molecule has 98 valence electrons. The summed E-state index contributed by atoms with van der Waals surface area (Å²) in [5.74, 6) is 0.383. The van der Waals surface area contributed by atoms with E-state index in [0.717, 1.165) is 6.08 Å². The van der Waals surface area contributed by atoms with Gasteiger partial charge in [-0.05, 0) is 13.0 Å². The van der Waals surface area contributed by atoms with Crippen LogP contribution in [0.2, 0.25) is 0 Å². The molecule has 1 N–H and O–H groups in total. The smallest absolute Gasteiger partial charge is 0.419 e. The Balaban J connectivity index is 2.76. The minimum atomic E-state index is -4.76. The van der Waals surface area contributed by atoms with Crippen LogP contribution in [0.5, 0.6) is 0 Å². The maximum Gasteiger partial charge on any atom is 0.419 e. The Morgan fingerprint density at radius 3 is 2.47 bits per heavy atom. The van der Waals surface area contributed by atoms with Gasteiger partial charge in [-0.25, -0.2) is 0 Å². The molecule has 1 aliphatic heterocycles. The summed E-state index contributed by atoms with van der Waals surface area (Å²) >= 11 is 0. The van der Waals surface area contributed by atoms with Crippen LogP contribution in [0.1, 0.15) is 6.92 Å². The highest BCUT2D eigenvalue weighted by Crippen LogP contribution is 2.39. The molecule has 0 spiro atoms. The molecule has 0 aromatic carbocycles. The molecule has 7 heteroatoms. The predicted molar refractivity (Wildman–Crippen MR) is 54.0 cm³/mol. The minimum absolute atomic E-state index is 0.000189. The summed E-state index contributed by atoms with van der Waals surface area (Å²) in [4.78, 5) is 0. The molecule has 4 nitrogen and oxygen atoms in total. The average Bonchev–Trinajstić information content (AvgIpc) is 2.25. The van der Waals surface area contributed by atoms with Crippen LogP contribution in [0.3, 0.4) is 0 Å². The molecule has 1 atom stereocenters. The Labute approximate surface area is 96.7 Å². The fourth-order valence-corrected chi connectivity index (χ4v) is 1.13. The zero-order valence-corrected chi connectivity index (χ0v) is 9.41. The standard InChI is InChI=1S/C10H13F3NO3/c1-9(15,10(11,12)13)8-4-3-7(5-14-8)17-6-16-2/h3-4,15H,5-6H2,1-2H3/q-1. The van der Waals surface area contributed by atoms with Crippen LogP contribution < -0.4 is 0 Å². The third kappa shape index (κ3) is 3.13. The van der Waals surface area contributed by atoms with Gasteiger partial charge in [0.05, 0.1) is 5.76 Å². The highest BCUT2D eigenvalue weighted by molar-refractivity contribution is 5.39. The highest BCUT2D eigenvalue weighted by atomic mass is 19.4. The summed E-state index contributed by atoms with van der Waals surface area (Å²) in [7, 11) is 1.43. The number of rotatable bonds is 4. The van der Waals surface area contributed by atoms with E-state index in [0.29, 0.717) is 12.7 Å². The third-order valence-electron chi connectivity index (χ3n) is 2.25. The van der Waals surface area contributed by atoms with E-state index in [1.165, 1.54) is 13.2 Å². The van der Waals surface area contributed by atoms with Gasteiger partial charge in [0.1, 0.15) is 0 Å². The Bertz CT molecular complexity index is 334. The van der Waals surface area contributed by atoms with E-state index in [2.05, 4.69) is 10.1 Å². The van der Waals surface area contributed by atoms with Crippen LogP contribution in [-0.4, -0.2) is 37.3 Å². The van der Waals surface area contributed by atoms with Gasteiger partial charge in [-0.2, -0.15) is 13.2 Å². The van der Waals surface area contributed by atoms with Gasteiger partial charge >= 0.3 is 6.18 Å². The van der Waals surface area contributed by atoms with Crippen molar-refractivity contribution in [3.8, 4) is 0 Å². The van der Waals surface area contributed by atoms with Crippen molar-refractivity contribution in [3.05, 3.63) is 28.9 Å². The molecular weight excluding hydrogens is 239 g/mol. The normalized spacial score (nSPS) is 19.9. The number of hydrogen-bond donors (Lipinski definition) is 1. The summed E-state index contributed by atoms with van der Waals surface area (Å²) < 4.78 is 47.1. The van der Waals surface area contributed by atoms with Crippen molar-refractivity contribution in [1.29, 1.82) is 0 Å². The highest BCUT2D eigenvalue weighted by Gasteiger charge is 2.49. The second kappa shape index (κ2) is 4.97. The Morgan fingerprint density at radius 2 is 2.06 bits per heavy atom. The van der Waals surface area contributed by atoms with Gasteiger partial charge in [0.15, 0.2) is 12.4 Å². The molecule has 0 radical (unpaired) electrons. The summed E-state index contributed by atoms with van der Waals surface area (Å²) in [6.45, 7) is 0.610. The largest absolute Gasteiger partial charge is 0.679 e. The van der Waals surface area contributed by atoms with Crippen molar-refractivity contribution >= 4 is 0 Å². The summed E-state index contributed by atoms with van der Waals surface area (Å²) in [6.07, 6.45) is -2.34. The molecule has 1 heterocycles. The molecule has 0 saturated carbocycles. The molecule has 0 aromatic rings. The van der Waals surface area contributed by atoms with Gasteiger partial charge in [0.25, 0.3) is 0 Å². The number of aliphatic hydroxyl groups is 1. The first kappa shape index (κ1) is 13.9. The van der Waals surface area contributed by atoms with E-state index < -0.39 is 17.5 Å². The van der Waals surface area contributed by atoms with Gasteiger partial charge in [0, 0.05) is 7.11 Å². The van der Waals surface area contributed by atoms with Gasteiger partial charge in [-0.3, -0.25) is 0 Å². The fourth-order valence-electron chi connectivity index (χ4n) is 1.13. The summed E-state index contributed by atoms with van der Waals surface area (Å²) in [5.41, 5.74) is -3.38. The van der Waals surface area contributed by atoms with E-state index in [1.807, 2.05) is 0 Å². The van der Waals surface area contributed by atoms with E-state index in [9.17, 15) is 18.3 Å². The first-order valence-corrected chi connectivity index (χ1v) is 4.78. The van der Waals surface area contributed by atoms with Crippen molar-refractivity contribution in [2.75, 3.05) is 20.4 Å². The molecule has 17 heavy (non-hydrogen) atoms. The van der Waals surface area contributed by atoms with Crippen LogP contribution in [0, 0.1) is 0 Å². The monoisotopic (exact) mass is 252 g/mol. The van der Waals surface area contributed by atoms with Crippen LogP contribution in [0.25, 0.3) is 5.32 Å². The lowest BCUT2D eigenvalue weighted by atomic mass is 9.99. The zero-order valence-electron chi connectivity index (χ0n) is 9.41. The molecule has 0 bridgehead atoms. The van der Waals surface area contributed by atoms with Crippen molar-refractivity contribution in [1.82, 2.24) is 0 Å². The lowest BCUT2D eigenvalue weighted by Gasteiger charge is -2.40. The minimum Gasteiger partial charge on any atom is -0.679 e. The fraction of sp³-hybridized carbons (Fsp3) is 0.600. The predicted octanol–water partition coefficient (Wildman–Crippen LogP) is 2.08. The molecule has 1 aliphatic rings. The maximum atomic E-state index is 12.5. The number of nitrogens with zero attached hydrogens (tertiary/aromatic N) is 1. The number of ether oxygens (including phenoxy) is 2. The molecule has 1 unspecified atom stereocenters. The number of methoxy groups -OCH3 is 1. The average molecular weight is 252 g/mol. The number of hydrogen-bond acceptors (Lipinski definition) is 3. The van der Waals surface area contributed by atoms with Crippen LogP contribution in [-0.2, 0) is 9.47 Å². The molecule has 0 amide bonds. The van der Waals surface area contributed by atoms with Gasteiger partial charge in [-0.1, -0.05) is 12.6 Å². The zero-order chi connectivity index (χ0) is 13.1. The van der Waals surface area contributed by atoms with Crippen LogP contribution in [0.15, 0.2) is 23.6 Å². The van der Waals surface area contributed by atoms with Crippen molar-refractivity contribution in [3.63, 3.8) is 0 Å². The lowest BCUT2D eigenvalue weighted by molar-refractivity contribution is -0.236. The molecule has 0 aromatic heterocycles. The van der Waals surface area contributed by atoms with Gasteiger partial charge in [0.2, 0.25) is 0 Å². The van der Waals surface area contributed by atoms with E-state index >= 15 is 0 Å². The quantitative estimate of drug-likeness (QED) is 0.779. The van der Waals surface area contributed by atoms with Crippen molar-refractivity contribution in [2.24, 2.45) is 0 Å². The van der Waals surface area contributed by atoms with Gasteiger partial charge in [-0.15, -0.1) is 5.70 Å². The topological polar surface area (TPSA) is 52.8 Å². The van der Waals surface area contributed by atoms with Crippen LogP contribution >= 0.6 is 0 Å². The second-order valence-electron chi connectivity index (χ2n) is 3.62. The van der Waals surface area contributed by atoms with E-state index in [1.54, 1.807) is 0 Å². The SMILES string of the molecule is COCOC1=CC=C(C(C)(O)C(F)(F)F)[N-]C1. The number of halogens is 3. The lowest BCUT2D eigenvalue weighted by Crippen LogP contribution is -2.44. The van der Waals surface area contributed by atoms with E-state index in [-0.39, 0.29) is 13.3 Å². The van der Waals surface area contributed by atoms with Gasteiger partial charge < -0.3 is 19.9 Å². The summed E-state index contributed by atoms with van der Waals surface area (Å²) in [6, 6.07) is 0. The first-order valence-electron chi connectivity index (χ1n) is 4.78. The molecule has 1 rings (SSSR count). The molecular formula is C10H13F3NO3-. The molecule has 0 fully saturated rings. The van der Waals surface area contributed by atoms with Crippen molar-refractivity contribution < 1.29 is 27.8 Å². The van der Waals surface area contributed by atoms with E-state index in [4.69, 9.17) is 4.74 Å². The third-order valence-corrected chi connectivity index (χ3v) is 2.25. The number of allylic oxidation sites excluding steroid dienone is 2. The molecule has 0 saturated heterocycles. The summed E-state index contributed by atoms with van der Waals surface area (Å²) in [5, 5.41) is 13.0. The maximum absolute atomic E-state index is 12.5. The van der Waals surface area contributed by atoms with Crippen molar-refractivity contribution in [2.45, 2.75) is 18.7 Å². The van der Waals surface area contributed by atoms with Crippen LogP contribution in [0.4, 0.5) is 13.2 Å². The Morgan fingerprint density at radius 1 is 1.41 bits per heavy atom.